The third kappa shape index (κ3) is 3.77. The zero-order chi connectivity index (χ0) is 13.7. The van der Waals surface area contributed by atoms with Crippen LogP contribution in [0.1, 0.15) is 25.0 Å². The second kappa shape index (κ2) is 6.31. The molecule has 0 unspecified atom stereocenters. The lowest BCUT2D eigenvalue weighted by atomic mass is 10.1. The second-order valence-electron chi connectivity index (χ2n) is 4.86. The van der Waals surface area contributed by atoms with Crippen LogP contribution in [0.2, 0.25) is 0 Å². The molecule has 0 spiro atoms. The molecule has 0 bridgehead atoms. The van der Waals surface area contributed by atoms with Crippen LogP contribution in [0.25, 0.3) is 0 Å². The summed E-state index contributed by atoms with van der Waals surface area (Å²) < 4.78 is 0. The Hall–Kier alpha value is -1.91. The standard InChI is InChI=1S/C14H18N2O3/c17-13-9-11(14(18)19)10-16(13)8-4-2-6-12-5-1-3-7-15-12/h1,3,5,7,11H,2,4,6,8-10H2,(H,18,19)/t11-/m0/s1. The number of carbonyl (C=O) groups excluding carboxylic acids is 1. The van der Waals surface area contributed by atoms with Gasteiger partial charge >= 0.3 is 5.97 Å². The Morgan fingerprint density at radius 2 is 2.26 bits per heavy atom. The van der Waals surface area contributed by atoms with Crippen LogP contribution in [-0.2, 0) is 16.0 Å². The van der Waals surface area contributed by atoms with Gasteiger partial charge in [0.05, 0.1) is 5.92 Å². The Morgan fingerprint density at radius 3 is 2.89 bits per heavy atom. The molecule has 1 saturated heterocycles. The molecule has 1 atom stereocenters. The highest BCUT2D eigenvalue weighted by molar-refractivity contribution is 5.86. The minimum Gasteiger partial charge on any atom is -0.481 e. The molecule has 0 aliphatic carbocycles. The molecule has 0 aromatic carbocycles. The fraction of sp³-hybridized carbons (Fsp3) is 0.500. The maximum atomic E-state index is 11.6. The molecule has 19 heavy (non-hydrogen) atoms. The summed E-state index contributed by atoms with van der Waals surface area (Å²) in [5.41, 5.74) is 1.05. The van der Waals surface area contributed by atoms with Crippen LogP contribution in [0.4, 0.5) is 0 Å². The van der Waals surface area contributed by atoms with Gasteiger partial charge in [0.2, 0.25) is 5.91 Å². The van der Waals surface area contributed by atoms with Crippen molar-refractivity contribution in [3.8, 4) is 0 Å². The van der Waals surface area contributed by atoms with E-state index in [-0.39, 0.29) is 12.3 Å². The van der Waals surface area contributed by atoms with Crippen molar-refractivity contribution in [2.24, 2.45) is 5.92 Å². The minimum absolute atomic E-state index is 0.0368. The lowest BCUT2D eigenvalue weighted by Crippen LogP contribution is -2.27. The third-order valence-corrected chi connectivity index (χ3v) is 3.40. The number of aryl methyl sites for hydroxylation is 1. The molecule has 1 aromatic rings. The number of carboxylic acid groups (broad SMARTS) is 1. The van der Waals surface area contributed by atoms with Crippen LogP contribution in [0.15, 0.2) is 24.4 Å². The Labute approximate surface area is 112 Å². The molecule has 1 fully saturated rings. The molecule has 1 aliphatic heterocycles. The van der Waals surface area contributed by atoms with Crippen molar-refractivity contribution in [2.75, 3.05) is 13.1 Å². The van der Waals surface area contributed by atoms with Gasteiger partial charge < -0.3 is 10.0 Å². The lowest BCUT2D eigenvalue weighted by molar-refractivity contribution is -0.141. The van der Waals surface area contributed by atoms with Crippen LogP contribution in [-0.4, -0.2) is 40.0 Å². The molecule has 2 rings (SSSR count). The maximum absolute atomic E-state index is 11.6. The number of hydrogen-bond acceptors (Lipinski definition) is 3. The summed E-state index contributed by atoms with van der Waals surface area (Å²) in [6, 6.07) is 5.84. The van der Waals surface area contributed by atoms with Crippen LogP contribution < -0.4 is 0 Å². The van der Waals surface area contributed by atoms with E-state index in [0.717, 1.165) is 25.0 Å². The number of pyridine rings is 1. The topological polar surface area (TPSA) is 70.5 Å². The summed E-state index contributed by atoms with van der Waals surface area (Å²) in [5.74, 6) is -1.43. The van der Waals surface area contributed by atoms with Crippen molar-refractivity contribution in [1.29, 1.82) is 0 Å². The number of carboxylic acids is 1. The first-order chi connectivity index (χ1) is 9.16. The third-order valence-electron chi connectivity index (χ3n) is 3.40. The van der Waals surface area contributed by atoms with Crippen molar-refractivity contribution >= 4 is 11.9 Å². The first-order valence-corrected chi connectivity index (χ1v) is 6.57. The van der Waals surface area contributed by atoms with E-state index in [2.05, 4.69) is 4.98 Å². The normalized spacial score (nSPS) is 18.8. The smallest absolute Gasteiger partial charge is 0.308 e. The highest BCUT2D eigenvalue weighted by Crippen LogP contribution is 2.18. The van der Waals surface area contributed by atoms with Gasteiger partial charge in [0, 0.05) is 31.4 Å². The Bertz CT molecular complexity index is 447. The van der Waals surface area contributed by atoms with Gasteiger partial charge in [-0.1, -0.05) is 6.07 Å². The van der Waals surface area contributed by atoms with Gasteiger partial charge in [-0.05, 0) is 31.4 Å². The van der Waals surface area contributed by atoms with E-state index in [0.29, 0.717) is 13.1 Å². The summed E-state index contributed by atoms with van der Waals surface area (Å²) in [4.78, 5) is 28.3. The van der Waals surface area contributed by atoms with Gasteiger partial charge in [-0.25, -0.2) is 0 Å². The molecule has 1 aliphatic rings. The first kappa shape index (κ1) is 13.5. The van der Waals surface area contributed by atoms with E-state index in [1.807, 2.05) is 18.2 Å². The molecule has 102 valence electrons. The largest absolute Gasteiger partial charge is 0.481 e. The number of unbranched alkanes of at least 4 members (excludes halogenated alkanes) is 1. The number of nitrogens with zero attached hydrogens (tertiary/aromatic N) is 2. The lowest BCUT2D eigenvalue weighted by Gasteiger charge is -2.15. The maximum Gasteiger partial charge on any atom is 0.308 e. The summed E-state index contributed by atoms with van der Waals surface area (Å²) >= 11 is 0. The average Bonchev–Trinajstić information content (AvgIpc) is 2.78. The van der Waals surface area contributed by atoms with E-state index >= 15 is 0 Å². The van der Waals surface area contributed by atoms with E-state index in [9.17, 15) is 9.59 Å². The van der Waals surface area contributed by atoms with Crippen LogP contribution in [0.3, 0.4) is 0 Å². The predicted molar refractivity (Wildman–Crippen MR) is 69.5 cm³/mol. The number of likely N-dealkylation sites (tertiary alicyclic amines) is 1. The minimum atomic E-state index is -0.871. The van der Waals surface area contributed by atoms with Gasteiger partial charge in [-0.3, -0.25) is 14.6 Å². The number of hydrogen-bond donors (Lipinski definition) is 1. The number of aromatic nitrogens is 1. The molecule has 1 amide bonds. The van der Waals surface area contributed by atoms with Crippen molar-refractivity contribution in [1.82, 2.24) is 9.88 Å². The fourth-order valence-electron chi connectivity index (χ4n) is 2.31. The van der Waals surface area contributed by atoms with E-state index < -0.39 is 11.9 Å². The molecule has 0 radical (unpaired) electrons. The molecule has 5 heteroatoms. The molecule has 2 heterocycles. The fourth-order valence-corrected chi connectivity index (χ4v) is 2.31. The molecular weight excluding hydrogens is 244 g/mol. The quantitative estimate of drug-likeness (QED) is 0.785. The molecule has 1 N–H and O–H groups in total. The van der Waals surface area contributed by atoms with Crippen LogP contribution >= 0.6 is 0 Å². The molecule has 1 aromatic heterocycles. The van der Waals surface area contributed by atoms with E-state index in [1.165, 1.54) is 0 Å². The zero-order valence-corrected chi connectivity index (χ0v) is 10.8. The van der Waals surface area contributed by atoms with Gasteiger partial charge in [0.25, 0.3) is 0 Å². The predicted octanol–water partition coefficient (Wildman–Crippen LogP) is 1.34. The van der Waals surface area contributed by atoms with Crippen LogP contribution in [0.5, 0.6) is 0 Å². The average molecular weight is 262 g/mol. The zero-order valence-electron chi connectivity index (χ0n) is 10.8. The van der Waals surface area contributed by atoms with Gasteiger partial charge in [-0.15, -0.1) is 0 Å². The Kier molecular flexibility index (Phi) is 4.49. The number of carbonyl (C=O) groups is 2. The molecule has 0 saturated carbocycles. The summed E-state index contributed by atoms with van der Waals surface area (Å²) in [7, 11) is 0. The van der Waals surface area contributed by atoms with Crippen molar-refractivity contribution in [3.05, 3.63) is 30.1 Å². The number of rotatable bonds is 6. The number of amides is 1. The van der Waals surface area contributed by atoms with Gasteiger partial charge in [0.15, 0.2) is 0 Å². The van der Waals surface area contributed by atoms with E-state index in [4.69, 9.17) is 5.11 Å². The molecule has 5 nitrogen and oxygen atoms in total. The monoisotopic (exact) mass is 262 g/mol. The summed E-state index contributed by atoms with van der Waals surface area (Å²) in [6.07, 6.45) is 4.66. The van der Waals surface area contributed by atoms with Crippen molar-refractivity contribution < 1.29 is 14.7 Å². The van der Waals surface area contributed by atoms with Crippen LogP contribution in [0, 0.1) is 5.92 Å². The highest BCUT2D eigenvalue weighted by Gasteiger charge is 2.33. The Morgan fingerprint density at radius 1 is 1.42 bits per heavy atom. The SMILES string of the molecule is O=C(O)[C@H]1CC(=O)N(CCCCc2ccccn2)C1. The summed E-state index contributed by atoms with van der Waals surface area (Å²) in [5, 5.41) is 8.88. The van der Waals surface area contributed by atoms with Gasteiger partial charge in [-0.2, -0.15) is 0 Å². The Balaban J connectivity index is 1.69. The van der Waals surface area contributed by atoms with Crippen molar-refractivity contribution in [3.63, 3.8) is 0 Å². The van der Waals surface area contributed by atoms with Crippen molar-refractivity contribution in [2.45, 2.75) is 25.7 Å². The van der Waals surface area contributed by atoms with Gasteiger partial charge in [0.1, 0.15) is 0 Å². The first-order valence-electron chi connectivity index (χ1n) is 6.57. The highest BCUT2D eigenvalue weighted by atomic mass is 16.4. The second-order valence-corrected chi connectivity index (χ2v) is 4.86. The van der Waals surface area contributed by atoms with E-state index in [1.54, 1.807) is 11.1 Å². The summed E-state index contributed by atoms with van der Waals surface area (Å²) in [6.45, 7) is 1.01. The molecular formula is C14H18N2O3. The number of aliphatic carboxylic acids is 1.